The van der Waals surface area contributed by atoms with E-state index in [2.05, 4.69) is 49.5 Å². The van der Waals surface area contributed by atoms with E-state index in [4.69, 9.17) is 0 Å². The second-order valence-electron chi connectivity index (χ2n) is 7.70. The largest absolute Gasteiger partial charge is 0.354 e. The van der Waals surface area contributed by atoms with Crippen molar-refractivity contribution in [2.75, 3.05) is 0 Å². The van der Waals surface area contributed by atoms with Crippen LogP contribution in [0.3, 0.4) is 0 Å². The summed E-state index contributed by atoms with van der Waals surface area (Å²) in [7, 11) is 0. The van der Waals surface area contributed by atoms with E-state index in [1.165, 1.54) is 43.1 Å². The molecule has 5 rings (SSSR count). The number of hydrogen-bond donors (Lipinski definition) is 3. The lowest BCUT2D eigenvalue weighted by molar-refractivity contribution is 0.372. The Morgan fingerprint density at radius 3 is 2.79 bits per heavy atom. The van der Waals surface area contributed by atoms with Crippen LogP contribution in [-0.2, 0) is 6.54 Å². The van der Waals surface area contributed by atoms with Crippen LogP contribution in [0.4, 0.5) is 0 Å². The SMILES string of the molecule is C.Cc1nc2nccc(-c3cc4cc(CNC5CCCCC5)ccc4[nH]3)c2[nH]1. The summed E-state index contributed by atoms with van der Waals surface area (Å²) >= 11 is 0. The number of nitrogens with one attached hydrogen (secondary N) is 3. The van der Waals surface area contributed by atoms with Crippen molar-refractivity contribution in [1.82, 2.24) is 25.3 Å². The standard InChI is InChI=1S/C22H25N5.CH4/c1-14-25-21-18(9-10-23-22(21)26-14)20-12-16-11-15(7-8-19(16)27-20)13-24-17-5-3-2-4-6-17;/h7-12,17,24,27H,2-6,13H2,1H3,(H,23,25,26);1H4. The maximum absolute atomic E-state index is 4.45. The molecule has 146 valence electrons. The van der Waals surface area contributed by atoms with Crippen molar-refractivity contribution < 1.29 is 0 Å². The van der Waals surface area contributed by atoms with Gasteiger partial charge in [-0.05, 0) is 49.6 Å². The summed E-state index contributed by atoms with van der Waals surface area (Å²) < 4.78 is 0. The number of aryl methyl sites for hydroxylation is 1. The molecule has 5 heteroatoms. The average Bonchev–Trinajstić information content (AvgIpc) is 3.28. The number of imidazole rings is 1. The maximum atomic E-state index is 4.45. The van der Waals surface area contributed by atoms with Crippen molar-refractivity contribution in [3.8, 4) is 11.3 Å². The molecule has 5 nitrogen and oxygen atoms in total. The summed E-state index contributed by atoms with van der Waals surface area (Å²) in [5, 5.41) is 4.98. The first-order chi connectivity index (χ1) is 13.3. The van der Waals surface area contributed by atoms with Gasteiger partial charge in [0, 0.05) is 40.9 Å². The molecule has 1 fully saturated rings. The summed E-state index contributed by atoms with van der Waals surface area (Å²) in [5.41, 5.74) is 6.46. The monoisotopic (exact) mass is 375 g/mol. The minimum absolute atomic E-state index is 0. The summed E-state index contributed by atoms with van der Waals surface area (Å²) in [6.45, 7) is 2.91. The molecular weight excluding hydrogens is 346 g/mol. The summed E-state index contributed by atoms with van der Waals surface area (Å²) in [4.78, 5) is 15.7. The van der Waals surface area contributed by atoms with Crippen LogP contribution < -0.4 is 5.32 Å². The smallest absolute Gasteiger partial charge is 0.178 e. The van der Waals surface area contributed by atoms with Crippen LogP contribution in [0.2, 0.25) is 0 Å². The topological polar surface area (TPSA) is 69.4 Å². The third-order valence-corrected chi connectivity index (χ3v) is 5.69. The predicted molar refractivity (Wildman–Crippen MR) is 116 cm³/mol. The fourth-order valence-corrected chi connectivity index (χ4v) is 4.26. The molecule has 0 bridgehead atoms. The van der Waals surface area contributed by atoms with Gasteiger partial charge in [0.05, 0.1) is 5.52 Å². The highest BCUT2D eigenvalue weighted by atomic mass is 15.0. The fourth-order valence-electron chi connectivity index (χ4n) is 4.26. The van der Waals surface area contributed by atoms with E-state index in [0.717, 1.165) is 40.3 Å². The van der Waals surface area contributed by atoms with Gasteiger partial charge < -0.3 is 15.3 Å². The van der Waals surface area contributed by atoms with E-state index in [9.17, 15) is 0 Å². The van der Waals surface area contributed by atoms with E-state index < -0.39 is 0 Å². The first-order valence-corrected chi connectivity index (χ1v) is 9.93. The molecule has 28 heavy (non-hydrogen) atoms. The molecule has 4 aromatic rings. The van der Waals surface area contributed by atoms with Gasteiger partial charge in [-0.25, -0.2) is 9.97 Å². The molecule has 0 saturated heterocycles. The van der Waals surface area contributed by atoms with Gasteiger partial charge in [-0.2, -0.15) is 0 Å². The number of rotatable bonds is 4. The van der Waals surface area contributed by atoms with Crippen molar-refractivity contribution in [2.45, 2.75) is 59.0 Å². The number of aromatic amines is 2. The Hall–Kier alpha value is -2.66. The van der Waals surface area contributed by atoms with Gasteiger partial charge in [-0.15, -0.1) is 0 Å². The van der Waals surface area contributed by atoms with E-state index in [0.29, 0.717) is 6.04 Å². The Balaban J connectivity index is 0.00000192. The lowest BCUT2D eigenvalue weighted by atomic mass is 9.95. The molecule has 1 saturated carbocycles. The second-order valence-corrected chi connectivity index (χ2v) is 7.70. The third kappa shape index (κ3) is 3.54. The average molecular weight is 376 g/mol. The normalized spacial score (nSPS) is 15.2. The first-order valence-electron chi connectivity index (χ1n) is 9.93. The van der Waals surface area contributed by atoms with Crippen LogP contribution in [0.5, 0.6) is 0 Å². The van der Waals surface area contributed by atoms with Gasteiger partial charge in [-0.3, -0.25) is 0 Å². The zero-order valence-electron chi connectivity index (χ0n) is 15.7. The highest BCUT2D eigenvalue weighted by Gasteiger charge is 2.13. The molecule has 0 amide bonds. The van der Waals surface area contributed by atoms with Crippen LogP contribution in [0.1, 0.15) is 50.9 Å². The number of nitrogens with zero attached hydrogens (tertiary/aromatic N) is 2. The zero-order chi connectivity index (χ0) is 18.2. The summed E-state index contributed by atoms with van der Waals surface area (Å²) in [6, 6.07) is 11.7. The third-order valence-electron chi connectivity index (χ3n) is 5.69. The van der Waals surface area contributed by atoms with Gasteiger partial charge >= 0.3 is 0 Å². The van der Waals surface area contributed by atoms with E-state index in [-0.39, 0.29) is 7.43 Å². The molecule has 0 unspecified atom stereocenters. The molecule has 0 radical (unpaired) electrons. The van der Waals surface area contributed by atoms with E-state index >= 15 is 0 Å². The Kier molecular flexibility index (Phi) is 5.18. The molecule has 1 aromatic carbocycles. The molecule has 0 atom stereocenters. The quantitative estimate of drug-likeness (QED) is 0.443. The number of fused-ring (bicyclic) bond motifs is 2. The highest BCUT2D eigenvalue weighted by molar-refractivity contribution is 5.94. The number of hydrogen-bond acceptors (Lipinski definition) is 3. The molecule has 3 aromatic heterocycles. The lowest BCUT2D eigenvalue weighted by Crippen LogP contribution is -2.30. The molecule has 1 aliphatic rings. The summed E-state index contributed by atoms with van der Waals surface area (Å²) in [6.07, 6.45) is 8.59. The minimum Gasteiger partial charge on any atom is -0.354 e. The van der Waals surface area contributed by atoms with Crippen molar-refractivity contribution in [3.05, 3.63) is 47.9 Å². The Morgan fingerprint density at radius 2 is 1.93 bits per heavy atom. The maximum Gasteiger partial charge on any atom is 0.178 e. The van der Waals surface area contributed by atoms with Crippen molar-refractivity contribution in [3.63, 3.8) is 0 Å². The molecule has 3 heterocycles. The van der Waals surface area contributed by atoms with Gasteiger partial charge in [0.2, 0.25) is 0 Å². The fraction of sp³-hybridized carbons (Fsp3) is 0.391. The van der Waals surface area contributed by atoms with Crippen LogP contribution in [-0.4, -0.2) is 26.0 Å². The van der Waals surface area contributed by atoms with E-state index in [1.807, 2.05) is 19.2 Å². The first kappa shape index (κ1) is 18.7. The van der Waals surface area contributed by atoms with Crippen LogP contribution in [0, 0.1) is 6.92 Å². The number of benzene rings is 1. The predicted octanol–water partition coefficient (Wildman–Crippen LogP) is 5.47. The molecular formula is C23H29N5. The molecule has 1 aliphatic carbocycles. The Morgan fingerprint density at radius 1 is 1.07 bits per heavy atom. The lowest BCUT2D eigenvalue weighted by Gasteiger charge is -2.22. The van der Waals surface area contributed by atoms with Crippen LogP contribution in [0.25, 0.3) is 33.3 Å². The number of aromatic nitrogens is 4. The Bertz CT molecular complexity index is 1080. The Labute approximate surface area is 166 Å². The van der Waals surface area contributed by atoms with Crippen LogP contribution in [0.15, 0.2) is 36.5 Å². The molecule has 0 spiro atoms. The second kappa shape index (κ2) is 7.76. The highest BCUT2D eigenvalue weighted by Crippen LogP contribution is 2.29. The van der Waals surface area contributed by atoms with Crippen molar-refractivity contribution in [2.24, 2.45) is 0 Å². The van der Waals surface area contributed by atoms with Gasteiger partial charge in [0.1, 0.15) is 5.82 Å². The van der Waals surface area contributed by atoms with Gasteiger partial charge in [-0.1, -0.05) is 32.8 Å². The minimum atomic E-state index is 0. The van der Waals surface area contributed by atoms with Crippen LogP contribution >= 0.6 is 0 Å². The number of pyridine rings is 1. The van der Waals surface area contributed by atoms with Gasteiger partial charge in [0.25, 0.3) is 0 Å². The number of H-pyrrole nitrogens is 2. The summed E-state index contributed by atoms with van der Waals surface area (Å²) in [5.74, 6) is 0.886. The molecule has 0 aliphatic heterocycles. The van der Waals surface area contributed by atoms with Crippen molar-refractivity contribution in [1.29, 1.82) is 0 Å². The zero-order valence-corrected chi connectivity index (χ0v) is 15.7. The van der Waals surface area contributed by atoms with Crippen molar-refractivity contribution >= 4 is 22.1 Å². The van der Waals surface area contributed by atoms with E-state index in [1.54, 1.807) is 0 Å². The van der Waals surface area contributed by atoms with Gasteiger partial charge in [0.15, 0.2) is 5.65 Å². The molecule has 3 N–H and O–H groups in total.